The van der Waals surface area contributed by atoms with Crippen molar-refractivity contribution < 1.29 is 19.7 Å². The molecule has 0 saturated heterocycles. The van der Waals surface area contributed by atoms with E-state index in [1.54, 1.807) is 21.0 Å². The van der Waals surface area contributed by atoms with Gasteiger partial charge in [-0.1, -0.05) is 0 Å². The fourth-order valence-corrected chi connectivity index (χ4v) is 0.660. The number of hydrogen-bond acceptors (Lipinski definition) is 4. The van der Waals surface area contributed by atoms with Crippen LogP contribution in [0, 0.1) is 0 Å². The number of ether oxygens (including phenoxy) is 2. The maximum absolute atomic E-state index is 8.69. The molecule has 4 heteroatoms. The van der Waals surface area contributed by atoms with Gasteiger partial charge in [-0.25, -0.2) is 0 Å². The lowest BCUT2D eigenvalue weighted by atomic mass is 10.4. The summed E-state index contributed by atoms with van der Waals surface area (Å²) >= 11 is 0. The standard InChI is InChI=1S/C6H14O3.C4H8O/c1-5(8)4-9-6(2)3-7;1-5-4-2-3-4/h5-8H,3-4H2,1-2H3;4H,2-3H2,1H3. The molecule has 0 aromatic heterocycles. The highest BCUT2D eigenvalue weighted by atomic mass is 16.5. The first-order valence-electron chi connectivity index (χ1n) is 5.03. The summed E-state index contributed by atoms with van der Waals surface area (Å²) < 4.78 is 9.81. The van der Waals surface area contributed by atoms with E-state index >= 15 is 0 Å². The van der Waals surface area contributed by atoms with Gasteiger partial charge in [-0.2, -0.15) is 0 Å². The third-order valence-corrected chi connectivity index (χ3v) is 1.74. The van der Waals surface area contributed by atoms with Crippen LogP contribution in [0.4, 0.5) is 0 Å². The first kappa shape index (κ1) is 13.8. The van der Waals surface area contributed by atoms with E-state index in [0.717, 1.165) is 0 Å². The van der Waals surface area contributed by atoms with Crippen molar-refractivity contribution in [1.82, 2.24) is 0 Å². The molecule has 1 aliphatic carbocycles. The Labute approximate surface area is 85.8 Å². The summed E-state index contributed by atoms with van der Waals surface area (Å²) in [7, 11) is 1.76. The molecular formula is C10H22O4. The average Bonchev–Trinajstić information content (AvgIpc) is 2.98. The zero-order valence-electron chi connectivity index (χ0n) is 9.27. The van der Waals surface area contributed by atoms with E-state index in [0.29, 0.717) is 12.7 Å². The van der Waals surface area contributed by atoms with Crippen molar-refractivity contribution in [1.29, 1.82) is 0 Å². The molecule has 2 atom stereocenters. The molecule has 2 N–H and O–H groups in total. The van der Waals surface area contributed by atoms with Crippen LogP contribution in [0.25, 0.3) is 0 Å². The Hall–Kier alpha value is -0.160. The van der Waals surface area contributed by atoms with Gasteiger partial charge < -0.3 is 19.7 Å². The summed E-state index contributed by atoms with van der Waals surface area (Å²) in [5.74, 6) is 0. The van der Waals surface area contributed by atoms with Crippen LogP contribution in [0.5, 0.6) is 0 Å². The predicted octanol–water partition coefficient (Wildman–Crippen LogP) is 0.560. The monoisotopic (exact) mass is 206 g/mol. The van der Waals surface area contributed by atoms with Crippen LogP contribution in [0.15, 0.2) is 0 Å². The zero-order chi connectivity index (χ0) is 11.0. The predicted molar refractivity (Wildman–Crippen MR) is 54.2 cm³/mol. The van der Waals surface area contributed by atoms with E-state index in [1.807, 2.05) is 0 Å². The second-order valence-corrected chi connectivity index (χ2v) is 3.61. The lowest BCUT2D eigenvalue weighted by molar-refractivity contribution is -0.0177. The maximum atomic E-state index is 8.69. The summed E-state index contributed by atoms with van der Waals surface area (Å²) in [6, 6.07) is 0. The van der Waals surface area contributed by atoms with Gasteiger partial charge in [0.2, 0.25) is 0 Å². The minimum Gasteiger partial charge on any atom is -0.394 e. The van der Waals surface area contributed by atoms with E-state index in [9.17, 15) is 0 Å². The van der Waals surface area contributed by atoms with E-state index < -0.39 is 6.10 Å². The molecule has 0 radical (unpaired) electrons. The lowest BCUT2D eigenvalue weighted by Gasteiger charge is -2.10. The smallest absolute Gasteiger partial charge is 0.0779 e. The summed E-state index contributed by atoms with van der Waals surface area (Å²) in [4.78, 5) is 0. The van der Waals surface area contributed by atoms with Crippen molar-refractivity contribution >= 4 is 0 Å². The quantitative estimate of drug-likeness (QED) is 0.690. The van der Waals surface area contributed by atoms with Crippen molar-refractivity contribution in [3.8, 4) is 0 Å². The maximum Gasteiger partial charge on any atom is 0.0779 e. The van der Waals surface area contributed by atoms with Gasteiger partial charge in [0.1, 0.15) is 0 Å². The van der Waals surface area contributed by atoms with Crippen LogP contribution in [-0.4, -0.2) is 48.8 Å². The Morgan fingerprint density at radius 2 is 1.93 bits per heavy atom. The molecule has 14 heavy (non-hydrogen) atoms. The molecule has 86 valence electrons. The molecular weight excluding hydrogens is 184 g/mol. The number of aliphatic hydroxyl groups is 2. The van der Waals surface area contributed by atoms with Gasteiger partial charge >= 0.3 is 0 Å². The summed E-state index contributed by atoms with van der Waals surface area (Å²) in [5, 5.41) is 17.1. The van der Waals surface area contributed by atoms with Gasteiger partial charge in [0.05, 0.1) is 31.5 Å². The summed E-state index contributed by atoms with van der Waals surface area (Å²) in [5.41, 5.74) is 0. The van der Waals surface area contributed by atoms with E-state index in [1.165, 1.54) is 12.8 Å². The van der Waals surface area contributed by atoms with Gasteiger partial charge in [-0.15, -0.1) is 0 Å². The average molecular weight is 206 g/mol. The third kappa shape index (κ3) is 9.92. The van der Waals surface area contributed by atoms with E-state index in [-0.39, 0.29) is 12.7 Å². The molecule has 0 aromatic carbocycles. The molecule has 0 aromatic rings. The molecule has 0 heterocycles. The molecule has 0 amide bonds. The second kappa shape index (κ2) is 8.17. The molecule has 1 aliphatic rings. The summed E-state index contributed by atoms with van der Waals surface area (Å²) in [6.07, 6.45) is 2.60. The summed E-state index contributed by atoms with van der Waals surface area (Å²) in [6.45, 7) is 3.70. The highest BCUT2D eigenvalue weighted by Crippen LogP contribution is 2.21. The van der Waals surface area contributed by atoms with Gasteiger partial charge in [0, 0.05) is 7.11 Å². The number of methoxy groups -OCH3 is 1. The lowest BCUT2D eigenvalue weighted by Crippen LogP contribution is -2.19. The van der Waals surface area contributed by atoms with Crippen LogP contribution < -0.4 is 0 Å². The van der Waals surface area contributed by atoms with Gasteiger partial charge in [0.15, 0.2) is 0 Å². The number of aliphatic hydroxyl groups excluding tert-OH is 2. The highest BCUT2D eigenvalue weighted by molar-refractivity contribution is 4.71. The Kier molecular flexibility index (Phi) is 8.08. The highest BCUT2D eigenvalue weighted by Gasteiger charge is 2.19. The SMILES string of the molecule is CC(O)COC(C)CO.COC1CC1. The second-order valence-electron chi connectivity index (χ2n) is 3.61. The molecule has 2 unspecified atom stereocenters. The Balaban J connectivity index is 0.000000280. The van der Waals surface area contributed by atoms with Gasteiger partial charge in [0.25, 0.3) is 0 Å². The van der Waals surface area contributed by atoms with Crippen LogP contribution in [0.1, 0.15) is 26.7 Å². The van der Waals surface area contributed by atoms with Gasteiger partial charge in [-0.05, 0) is 26.7 Å². The zero-order valence-corrected chi connectivity index (χ0v) is 9.27. The van der Waals surface area contributed by atoms with Crippen LogP contribution in [-0.2, 0) is 9.47 Å². The number of rotatable bonds is 5. The first-order valence-corrected chi connectivity index (χ1v) is 5.03. The molecule has 0 spiro atoms. The fraction of sp³-hybridized carbons (Fsp3) is 1.00. The van der Waals surface area contributed by atoms with E-state index in [2.05, 4.69) is 0 Å². The topological polar surface area (TPSA) is 58.9 Å². The third-order valence-electron chi connectivity index (χ3n) is 1.74. The molecule has 4 nitrogen and oxygen atoms in total. The Morgan fingerprint density at radius 1 is 1.36 bits per heavy atom. The van der Waals surface area contributed by atoms with Crippen molar-refractivity contribution in [3.63, 3.8) is 0 Å². The fourth-order valence-electron chi connectivity index (χ4n) is 0.660. The van der Waals surface area contributed by atoms with Crippen molar-refractivity contribution in [2.24, 2.45) is 0 Å². The largest absolute Gasteiger partial charge is 0.394 e. The normalized spacial score (nSPS) is 19.5. The van der Waals surface area contributed by atoms with Crippen molar-refractivity contribution in [2.45, 2.75) is 45.0 Å². The molecule has 1 fully saturated rings. The van der Waals surface area contributed by atoms with Crippen molar-refractivity contribution in [3.05, 3.63) is 0 Å². The molecule has 0 aliphatic heterocycles. The van der Waals surface area contributed by atoms with Gasteiger partial charge in [-0.3, -0.25) is 0 Å². The Bertz CT molecular complexity index is 123. The van der Waals surface area contributed by atoms with Crippen LogP contribution >= 0.6 is 0 Å². The van der Waals surface area contributed by atoms with Crippen molar-refractivity contribution in [2.75, 3.05) is 20.3 Å². The molecule has 0 bridgehead atoms. The van der Waals surface area contributed by atoms with E-state index in [4.69, 9.17) is 19.7 Å². The van der Waals surface area contributed by atoms with Crippen LogP contribution in [0.2, 0.25) is 0 Å². The minimum atomic E-state index is -0.445. The minimum absolute atomic E-state index is 0.00667. The first-order chi connectivity index (χ1) is 6.60. The molecule has 1 rings (SSSR count). The van der Waals surface area contributed by atoms with Crippen LogP contribution in [0.3, 0.4) is 0 Å². The Morgan fingerprint density at radius 3 is 2.14 bits per heavy atom. The molecule has 1 saturated carbocycles. The number of hydrogen-bond donors (Lipinski definition) is 2.